The fourth-order valence-electron chi connectivity index (χ4n) is 3.68. The molecule has 1 aromatic carbocycles. The van der Waals surface area contributed by atoms with Crippen molar-refractivity contribution < 1.29 is 14.3 Å². The lowest BCUT2D eigenvalue weighted by Crippen LogP contribution is -2.34. The van der Waals surface area contributed by atoms with Gasteiger partial charge in [0, 0.05) is 29.1 Å². The summed E-state index contributed by atoms with van der Waals surface area (Å²) in [6.45, 7) is 1.93. The summed E-state index contributed by atoms with van der Waals surface area (Å²) in [5, 5.41) is 5.76. The van der Waals surface area contributed by atoms with Crippen molar-refractivity contribution >= 4 is 39.7 Å². The van der Waals surface area contributed by atoms with Crippen molar-refractivity contribution in [3.8, 4) is 11.3 Å². The smallest absolute Gasteiger partial charge is 0.276 e. The summed E-state index contributed by atoms with van der Waals surface area (Å²) in [6.07, 6.45) is 4.44. The maximum Gasteiger partial charge on any atom is 0.276 e. The minimum Gasteiger partial charge on any atom is -0.370 e. The number of piperidine rings is 1. The van der Waals surface area contributed by atoms with Crippen LogP contribution in [-0.4, -0.2) is 35.6 Å². The van der Waals surface area contributed by atoms with E-state index in [0.29, 0.717) is 21.8 Å². The molecule has 4 rings (SSSR count). The van der Waals surface area contributed by atoms with Crippen LogP contribution in [0.15, 0.2) is 48.0 Å². The first-order valence-corrected chi connectivity index (χ1v) is 11.4. The van der Waals surface area contributed by atoms with Crippen molar-refractivity contribution in [2.24, 2.45) is 5.92 Å². The van der Waals surface area contributed by atoms with Crippen LogP contribution in [0.2, 0.25) is 5.02 Å². The van der Waals surface area contributed by atoms with E-state index in [4.69, 9.17) is 11.6 Å². The molecule has 31 heavy (non-hydrogen) atoms. The number of thiazole rings is 1. The standard InChI is InChI=1S/C22H22ClFN4O2S/c23-18-4-2-1-3-17(18)20-14-31-22(26-20)27-21(29)19-6-5-16(13-25-19)28-10-7-15(8-11-28)9-12-30-24/h1-6,13-15H,7-12H2,(H,26,27,29). The molecule has 0 bridgehead atoms. The summed E-state index contributed by atoms with van der Waals surface area (Å²) >= 11 is 7.56. The van der Waals surface area contributed by atoms with Gasteiger partial charge in [0.15, 0.2) is 5.13 Å². The SMILES string of the molecule is O=C(Nc1nc(-c2ccccc2Cl)cs1)c1ccc(N2CCC(CCOF)CC2)cn1. The Morgan fingerprint density at radius 1 is 1.26 bits per heavy atom. The van der Waals surface area contributed by atoms with E-state index in [1.807, 2.05) is 29.6 Å². The molecule has 1 fully saturated rings. The molecule has 1 amide bonds. The first-order valence-electron chi connectivity index (χ1n) is 10.1. The number of nitrogens with one attached hydrogen (secondary N) is 1. The number of rotatable bonds is 7. The molecule has 3 aromatic rings. The van der Waals surface area contributed by atoms with Crippen molar-refractivity contribution in [3.05, 3.63) is 58.7 Å². The van der Waals surface area contributed by atoms with Gasteiger partial charge in [-0.05, 0) is 47.9 Å². The Balaban J connectivity index is 1.35. The van der Waals surface area contributed by atoms with Crippen LogP contribution >= 0.6 is 22.9 Å². The van der Waals surface area contributed by atoms with E-state index in [1.165, 1.54) is 11.3 Å². The van der Waals surface area contributed by atoms with Crippen LogP contribution in [0.4, 0.5) is 15.3 Å². The Bertz CT molecular complexity index is 1020. The van der Waals surface area contributed by atoms with Crippen LogP contribution in [0.3, 0.4) is 0 Å². The molecule has 3 heterocycles. The second-order valence-electron chi connectivity index (χ2n) is 7.41. The Kier molecular flexibility index (Phi) is 7.11. The van der Waals surface area contributed by atoms with E-state index in [0.717, 1.165) is 49.3 Å². The number of carbonyl (C=O) groups excluding carboxylic acids is 1. The number of benzene rings is 1. The van der Waals surface area contributed by atoms with Gasteiger partial charge >= 0.3 is 0 Å². The average molecular weight is 461 g/mol. The van der Waals surface area contributed by atoms with E-state index in [2.05, 4.69) is 25.1 Å². The topological polar surface area (TPSA) is 67.4 Å². The van der Waals surface area contributed by atoms with Gasteiger partial charge in [0.05, 0.1) is 24.2 Å². The number of nitrogens with zero attached hydrogens (tertiary/aromatic N) is 3. The van der Waals surface area contributed by atoms with Gasteiger partial charge in [-0.15, -0.1) is 11.3 Å². The summed E-state index contributed by atoms with van der Waals surface area (Å²) in [5.41, 5.74) is 2.85. The Morgan fingerprint density at radius 3 is 2.77 bits per heavy atom. The molecular weight excluding hydrogens is 439 g/mol. The molecule has 2 aromatic heterocycles. The summed E-state index contributed by atoms with van der Waals surface area (Å²) in [6, 6.07) is 11.1. The van der Waals surface area contributed by atoms with Gasteiger partial charge in [0.1, 0.15) is 5.69 Å². The number of hydrogen-bond donors (Lipinski definition) is 1. The van der Waals surface area contributed by atoms with Gasteiger partial charge in [0.2, 0.25) is 0 Å². The molecule has 0 unspecified atom stereocenters. The van der Waals surface area contributed by atoms with Gasteiger partial charge in [0.25, 0.3) is 5.91 Å². The molecule has 162 valence electrons. The highest BCUT2D eigenvalue weighted by Crippen LogP contribution is 2.30. The highest BCUT2D eigenvalue weighted by atomic mass is 35.5. The highest BCUT2D eigenvalue weighted by Gasteiger charge is 2.20. The molecule has 0 saturated carbocycles. The molecule has 1 aliphatic rings. The summed E-state index contributed by atoms with van der Waals surface area (Å²) < 4.78 is 11.9. The monoisotopic (exact) mass is 460 g/mol. The maximum absolute atomic E-state index is 12.6. The molecule has 0 radical (unpaired) electrons. The van der Waals surface area contributed by atoms with E-state index < -0.39 is 0 Å². The zero-order chi connectivity index (χ0) is 21.6. The molecule has 0 spiro atoms. The first kappa shape index (κ1) is 21.7. The third-order valence-corrected chi connectivity index (χ3v) is 6.53. The second-order valence-corrected chi connectivity index (χ2v) is 8.67. The van der Waals surface area contributed by atoms with Gasteiger partial charge in [-0.2, -0.15) is 4.94 Å². The molecule has 0 atom stereocenters. The van der Waals surface area contributed by atoms with Gasteiger partial charge in [-0.1, -0.05) is 29.8 Å². The molecule has 1 saturated heterocycles. The van der Waals surface area contributed by atoms with Crippen molar-refractivity contribution in [2.45, 2.75) is 19.3 Å². The van der Waals surface area contributed by atoms with E-state index in [9.17, 15) is 9.32 Å². The van der Waals surface area contributed by atoms with Gasteiger partial charge in [-0.25, -0.2) is 9.97 Å². The van der Waals surface area contributed by atoms with Gasteiger partial charge < -0.3 is 4.90 Å². The highest BCUT2D eigenvalue weighted by molar-refractivity contribution is 7.14. The lowest BCUT2D eigenvalue weighted by Gasteiger charge is -2.33. The summed E-state index contributed by atoms with van der Waals surface area (Å²) in [5.74, 6) is 0.176. The van der Waals surface area contributed by atoms with Crippen LogP contribution in [-0.2, 0) is 4.94 Å². The Morgan fingerprint density at radius 2 is 2.06 bits per heavy atom. The number of pyridine rings is 1. The van der Waals surface area contributed by atoms with Crippen molar-refractivity contribution in [2.75, 3.05) is 29.9 Å². The third kappa shape index (κ3) is 5.39. The molecule has 0 aliphatic carbocycles. The normalized spacial score (nSPS) is 14.6. The number of anilines is 2. The van der Waals surface area contributed by atoms with Crippen molar-refractivity contribution in [3.63, 3.8) is 0 Å². The van der Waals surface area contributed by atoms with Crippen LogP contribution in [0.1, 0.15) is 29.8 Å². The number of hydrogen-bond acceptors (Lipinski definition) is 6. The van der Waals surface area contributed by atoms with Crippen LogP contribution in [0.5, 0.6) is 0 Å². The molecule has 1 aliphatic heterocycles. The second kappa shape index (κ2) is 10.2. The quantitative estimate of drug-likeness (QED) is 0.495. The van der Waals surface area contributed by atoms with E-state index >= 15 is 0 Å². The van der Waals surface area contributed by atoms with Crippen molar-refractivity contribution in [1.82, 2.24) is 9.97 Å². The summed E-state index contributed by atoms with van der Waals surface area (Å²) in [7, 11) is 0. The van der Waals surface area contributed by atoms with Crippen LogP contribution in [0, 0.1) is 5.92 Å². The van der Waals surface area contributed by atoms with Crippen LogP contribution in [0.25, 0.3) is 11.3 Å². The number of carbonyl (C=O) groups is 1. The predicted octanol–water partition coefficient (Wildman–Crippen LogP) is 5.62. The Hall–Kier alpha value is -2.55. The molecule has 6 nitrogen and oxygen atoms in total. The number of aromatic nitrogens is 2. The lowest BCUT2D eigenvalue weighted by molar-refractivity contribution is -0.136. The summed E-state index contributed by atoms with van der Waals surface area (Å²) in [4.78, 5) is 27.3. The van der Waals surface area contributed by atoms with Gasteiger partial charge in [-0.3, -0.25) is 10.1 Å². The molecular formula is C22H22ClFN4O2S. The Labute approximate surface area is 188 Å². The minimum atomic E-state index is -0.309. The minimum absolute atomic E-state index is 0.162. The first-order chi connectivity index (χ1) is 15.1. The maximum atomic E-state index is 12.6. The predicted molar refractivity (Wildman–Crippen MR) is 121 cm³/mol. The number of amides is 1. The van der Waals surface area contributed by atoms with E-state index in [1.54, 1.807) is 18.3 Å². The largest absolute Gasteiger partial charge is 0.370 e. The van der Waals surface area contributed by atoms with Crippen molar-refractivity contribution in [1.29, 1.82) is 0 Å². The zero-order valence-electron chi connectivity index (χ0n) is 16.8. The van der Waals surface area contributed by atoms with E-state index in [-0.39, 0.29) is 12.5 Å². The average Bonchev–Trinajstić information content (AvgIpc) is 3.26. The fourth-order valence-corrected chi connectivity index (χ4v) is 4.62. The molecule has 9 heteroatoms. The third-order valence-electron chi connectivity index (χ3n) is 5.44. The number of halogens is 2. The van der Waals surface area contributed by atoms with Crippen LogP contribution < -0.4 is 10.2 Å². The molecule has 1 N–H and O–H groups in total. The fraction of sp³-hybridized carbons (Fsp3) is 0.318. The zero-order valence-corrected chi connectivity index (χ0v) is 18.3. The lowest BCUT2D eigenvalue weighted by atomic mass is 9.94.